The van der Waals surface area contributed by atoms with Crippen molar-refractivity contribution < 1.29 is 13.9 Å². The first-order valence-corrected chi connectivity index (χ1v) is 11.9. The summed E-state index contributed by atoms with van der Waals surface area (Å²) in [6, 6.07) is 6.45. The molecule has 1 aromatic carbocycles. The van der Waals surface area contributed by atoms with E-state index in [9.17, 15) is 9.18 Å². The number of thioether (sulfide) groups is 1. The molecule has 1 heterocycles. The minimum atomic E-state index is -0.423. The SMILES string of the molecule is C=CCn1c(COc2ccccc2F)nnc1SCC(=O)NC(C)C1CC2CCC1C2. The van der Waals surface area contributed by atoms with E-state index in [1.807, 2.05) is 4.57 Å². The molecule has 1 N–H and O–H groups in total. The summed E-state index contributed by atoms with van der Waals surface area (Å²) in [6.45, 7) is 6.47. The van der Waals surface area contributed by atoms with Gasteiger partial charge in [0.25, 0.3) is 0 Å². The first-order valence-electron chi connectivity index (χ1n) is 10.9. The molecule has 4 atom stereocenters. The second-order valence-corrected chi connectivity index (χ2v) is 9.44. The molecule has 0 saturated heterocycles. The zero-order valence-electron chi connectivity index (χ0n) is 17.8. The van der Waals surface area contributed by atoms with Crippen LogP contribution in [0.2, 0.25) is 0 Å². The molecule has 2 aliphatic carbocycles. The second kappa shape index (κ2) is 9.85. The van der Waals surface area contributed by atoms with E-state index in [1.54, 1.807) is 24.3 Å². The van der Waals surface area contributed by atoms with Gasteiger partial charge in [-0.25, -0.2) is 4.39 Å². The van der Waals surface area contributed by atoms with Gasteiger partial charge in [-0.15, -0.1) is 16.8 Å². The van der Waals surface area contributed by atoms with E-state index < -0.39 is 5.82 Å². The van der Waals surface area contributed by atoms with Crippen molar-refractivity contribution in [2.75, 3.05) is 5.75 Å². The van der Waals surface area contributed by atoms with Crippen molar-refractivity contribution in [3.63, 3.8) is 0 Å². The Morgan fingerprint density at radius 1 is 1.39 bits per heavy atom. The van der Waals surface area contributed by atoms with Gasteiger partial charge in [0.2, 0.25) is 5.91 Å². The Hall–Kier alpha value is -2.35. The Bertz CT molecular complexity index is 934. The number of carbonyl (C=O) groups is 1. The Morgan fingerprint density at radius 3 is 2.94 bits per heavy atom. The summed E-state index contributed by atoms with van der Waals surface area (Å²) in [7, 11) is 0. The minimum absolute atomic E-state index is 0.0117. The van der Waals surface area contributed by atoms with Crippen LogP contribution in [0.15, 0.2) is 42.1 Å². The van der Waals surface area contributed by atoms with E-state index in [0.717, 1.165) is 11.8 Å². The average Bonchev–Trinajstić information content (AvgIpc) is 3.48. The Kier molecular flexibility index (Phi) is 6.95. The summed E-state index contributed by atoms with van der Waals surface area (Å²) in [6.07, 6.45) is 6.99. The van der Waals surface area contributed by atoms with Gasteiger partial charge in [0.1, 0.15) is 6.61 Å². The summed E-state index contributed by atoms with van der Waals surface area (Å²) in [4.78, 5) is 12.5. The molecule has 31 heavy (non-hydrogen) atoms. The summed E-state index contributed by atoms with van der Waals surface area (Å²) in [5.41, 5.74) is 0. The van der Waals surface area contributed by atoms with Gasteiger partial charge in [-0.3, -0.25) is 9.36 Å². The lowest BCUT2D eigenvalue weighted by Gasteiger charge is -2.28. The van der Waals surface area contributed by atoms with Gasteiger partial charge in [-0.2, -0.15) is 0 Å². The van der Waals surface area contributed by atoms with Crippen LogP contribution in [-0.4, -0.2) is 32.5 Å². The molecule has 2 bridgehead atoms. The number of carbonyl (C=O) groups excluding carboxylic acids is 1. The Labute approximate surface area is 186 Å². The van der Waals surface area contributed by atoms with Crippen LogP contribution in [0.3, 0.4) is 0 Å². The molecular weight excluding hydrogens is 415 g/mol. The number of fused-ring (bicyclic) bond motifs is 2. The van der Waals surface area contributed by atoms with Crippen LogP contribution < -0.4 is 10.1 Å². The third kappa shape index (κ3) is 5.11. The van der Waals surface area contributed by atoms with Crippen LogP contribution in [0, 0.1) is 23.6 Å². The molecule has 2 aliphatic rings. The number of rotatable bonds is 10. The third-order valence-electron chi connectivity index (χ3n) is 6.45. The van der Waals surface area contributed by atoms with Crippen molar-refractivity contribution in [3.05, 3.63) is 48.6 Å². The smallest absolute Gasteiger partial charge is 0.230 e. The molecule has 1 aromatic heterocycles. The lowest BCUT2D eigenvalue weighted by Crippen LogP contribution is -2.40. The fourth-order valence-corrected chi connectivity index (χ4v) is 5.77. The van der Waals surface area contributed by atoms with Crippen LogP contribution in [0.4, 0.5) is 4.39 Å². The number of benzene rings is 1. The molecule has 0 radical (unpaired) electrons. The normalized spacial score (nSPS) is 23.0. The number of amides is 1. The molecule has 0 aliphatic heterocycles. The van der Waals surface area contributed by atoms with Gasteiger partial charge < -0.3 is 10.1 Å². The summed E-state index contributed by atoms with van der Waals surface area (Å²) < 4.78 is 21.2. The van der Waals surface area contributed by atoms with Crippen molar-refractivity contribution in [2.24, 2.45) is 17.8 Å². The molecule has 4 rings (SSSR count). The third-order valence-corrected chi connectivity index (χ3v) is 7.42. The fraction of sp³-hybridized carbons (Fsp3) is 0.522. The Morgan fingerprint density at radius 2 is 2.23 bits per heavy atom. The predicted octanol–water partition coefficient (Wildman–Crippen LogP) is 4.22. The van der Waals surface area contributed by atoms with Gasteiger partial charge in [0, 0.05) is 12.6 Å². The maximum atomic E-state index is 13.8. The molecule has 8 heteroatoms. The van der Waals surface area contributed by atoms with E-state index in [1.165, 1.54) is 43.5 Å². The number of allylic oxidation sites excluding steroid dienone is 1. The van der Waals surface area contributed by atoms with Gasteiger partial charge in [0.05, 0.1) is 5.75 Å². The van der Waals surface area contributed by atoms with Gasteiger partial charge >= 0.3 is 0 Å². The highest BCUT2D eigenvalue weighted by molar-refractivity contribution is 7.99. The highest BCUT2D eigenvalue weighted by Crippen LogP contribution is 2.49. The molecule has 166 valence electrons. The average molecular weight is 445 g/mol. The zero-order valence-corrected chi connectivity index (χ0v) is 18.6. The predicted molar refractivity (Wildman–Crippen MR) is 118 cm³/mol. The van der Waals surface area contributed by atoms with Crippen LogP contribution in [0.5, 0.6) is 5.75 Å². The van der Waals surface area contributed by atoms with Crippen LogP contribution in [0.1, 0.15) is 38.4 Å². The summed E-state index contributed by atoms with van der Waals surface area (Å²) >= 11 is 1.34. The fourth-order valence-electron chi connectivity index (χ4n) is 4.99. The molecule has 2 aromatic rings. The maximum Gasteiger partial charge on any atom is 0.230 e. The number of nitrogens with one attached hydrogen (secondary N) is 1. The quantitative estimate of drug-likeness (QED) is 0.439. The number of ether oxygens (including phenoxy) is 1. The monoisotopic (exact) mass is 444 g/mol. The van der Waals surface area contributed by atoms with E-state index in [4.69, 9.17) is 4.74 Å². The lowest BCUT2D eigenvalue weighted by atomic mass is 9.84. The maximum absolute atomic E-state index is 13.8. The molecular formula is C23H29FN4O2S. The molecule has 1 amide bonds. The second-order valence-electron chi connectivity index (χ2n) is 8.50. The number of aromatic nitrogens is 3. The first-order chi connectivity index (χ1) is 15.0. The van der Waals surface area contributed by atoms with Crippen LogP contribution in [-0.2, 0) is 17.9 Å². The highest BCUT2D eigenvalue weighted by atomic mass is 32.2. The number of para-hydroxylation sites is 1. The largest absolute Gasteiger partial charge is 0.483 e. The zero-order chi connectivity index (χ0) is 21.8. The molecule has 6 nitrogen and oxygen atoms in total. The van der Waals surface area contributed by atoms with Crippen molar-refractivity contribution >= 4 is 17.7 Å². The summed E-state index contributed by atoms with van der Waals surface area (Å²) in [5, 5.41) is 12.2. The topological polar surface area (TPSA) is 69.0 Å². The first kappa shape index (κ1) is 21.9. The molecule has 4 unspecified atom stereocenters. The Balaban J connectivity index is 1.32. The van der Waals surface area contributed by atoms with Crippen molar-refractivity contribution in [1.82, 2.24) is 20.1 Å². The van der Waals surface area contributed by atoms with Crippen LogP contribution >= 0.6 is 11.8 Å². The van der Waals surface area contributed by atoms with Crippen molar-refractivity contribution in [2.45, 2.75) is 57.0 Å². The van der Waals surface area contributed by atoms with E-state index in [0.29, 0.717) is 23.4 Å². The van der Waals surface area contributed by atoms with Crippen LogP contribution in [0.25, 0.3) is 0 Å². The standard InChI is InChI=1S/C23H29FN4O2S/c1-3-10-28-21(13-30-20-7-5-4-6-19(20)24)26-27-23(28)31-14-22(29)25-15(2)18-12-16-8-9-17(18)11-16/h3-7,15-18H,1,8-14H2,2H3,(H,25,29). The van der Waals surface area contributed by atoms with Gasteiger partial charge in [0.15, 0.2) is 22.5 Å². The number of halogens is 1. The summed E-state index contributed by atoms with van der Waals surface area (Å²) in [5.74, 6) is 2.84. The molecule has 2 saturated carbocycles. The minimum Gasteiger partial charge on any atom is -0.483 e. The van der Waals surface area contributed by atoms with Gasteiger partial charge in [-0.1, -0.05) is 36.4 Å². The number of hydrogen-bond donors (Lipinski definition) is 1. The number of hydrogen-bond acceptors (Lipinski definition) is 5. The highest BCUT2D eigenvalue weighted by Gasteiger charge is 2.42. The van der Waals surface area contributed by atoms with E-state index in [-0.39, 0.29) is 30.1 Å². The van der Waals surface area contributed by atoms with Crippen molar-refractivity contribution in [1.29, 1.82) is 0 Å². The van der Waals surface area contributed by atoms with Crippen molar-refractivity contribution in [3.8, 4) is 5.75 Å². The molecule has 0 spiro atoms. The number of nitrogens with zero attached hydrogens (tertiary/aromatic N) is 3. The lowest BCUT2D eigenvalue weighted by molar-refractivity contribution is -0.119. The van der Waals surface area contributed by atoms with E-state index >= 15 is 0 Å². The van der Waals surface area contributed by atoms with E-state index in [2.05, 4.69) is 29.0 Å². The molecule has 2 fully saturated rings. The van der Waals surface area contributed by atoms with Gasteiger partial charge in [-0.05, 0) is 56.1 Å².